The zero-order chi connectivity index (χ0) is 36.8. The fraction of sp³-hybridized carbons (Fsp3) is 0.0980. The number of rotatable bonds is 1. The molecular weight excluding hydrogens is 671 g/mol. The highest BCUT2D eigenvalue weighted by molar-refractivity contribution is 6.16. The first kappa shape index (κ1) is 31.7. The van der Waals surface area contributed by atoms with Gasteiger partial charge >= 0.3 is 0 Å². The maximum Gasteiger partial charge on any atom is 0.129 e. The summed E-state index contributed by atoms with van der Waals surface area (Å²) in [5.74, 6) is 1.58. The van der Waals surface area contributed by atoms with Crippen LogP contribution >= 0.6 is 0 Å². The summed E-state index contributed by atoms with van der Waals surface area (Å²) in [6.07, 6.45) is 4.93. The molecule has 0 aromatic heterocycles. The summed E-state index contributed by atoms with van der Waals surface area (Å²) in [4.78, 5) is 7.27. The van der Waals surface area contributed by atoms with Crippen LogP contribution in [0.1, 0.15) is 31.9 Å². The van der Waals surface area contributed by atoms with Crippen LogP contribution < -0.4 is 24.7 Å². The standard InChI is InChI=1S/C51H39N3O/c1-51(2,3)36-25-33-21-22-35-27-44-32-48(47-24-23-34(26-36)49(33)50(35)47)54-41-16-8-14-39(29-41)52(37-11-5-4-6-12-37)38-13-7-15-40(28-38)53(44)42-17-9-19-45(30-42)55-46-20-10-18-43(54)31-46/h4-32,44H,1-3H3. The third kappa shape index (κ3) is 5.13. The van der Waals surface area contributed by atoms with Crippen LogP contribution in [0.5, 0.6) is 11.5 Å². The second-order valence-corrected chi connectivity index (χ2v) is 15.9. The predicted molar refractivity (Wildman–Crippen MR) is 230 cm³/mol. The number of benzene rings is 8. The van der Waals surface area contributed by atoms with E-state index in [2.05, 4.69) is 199 Å². The molecule has 4 nitrogen and oxygen atoms in total. The van der Waals surface area contributed by atoms with Crippen molar-refractivity contribution in [1.82, 2.24) is 0 Å². The molecule has 1 atom stereocenters. The molecule has 8 aromatic rings. The van der Waals surface area contributed by atoms with Gasteiger partial charge in [0, 0.05) is 57.5 Å². The Balaban J connectivity index is 1.31. The highest BCUT2D eigenvalue weighted by Crippen LogP contribution is 2.47. The molecule has 0 fully saturated rings. The lowest BCUT2D eigenvalue weighted by Crippen LogP contribution is -2.30. The molecule has 12 bridgehead atoms. The Morgan fingerprint density at radius 3 is 1.69 bits per heavy atom. The van der Waals surface area contributed by atoms with Crippen molar-refractivity contribution < 1.29 is 4.74 Å². The predicted octanol–water partition coefficient (Wildman–Crippen LogP) is 13.1. The molecule has 2 aliphatic heterocycles. The lowest BCUT2D eigenvalue weighted by Gasteiger charge is -2.36. The van der Waals surface area contributed by atoms with E-state index < -0.39 is 0 Å². The third-order valence-electron chi connectivity index (χ3n) is 11.4. The maximum atomic E-state index is 6.67. The lowest BCUT2D eigenvalue weighted by atomic mass is 9.83. The molecular formula is C51H39N3O. The number of fused-ring (bicyclic) bond motifs is 12. The zero-order valence-corrected chi connectivity index (χ0v) is 31.1. The van der Waals surface area contributed by atoms with Crippen LogP contribution in [0.3, 0.4) is 0 Å². The summed E-state index contributed by atoms with van der Waals surface area (Å²) < 4.78 is 6.67. The Kier molecular flexibility index (Phi) is 6.84. The molecule has 55 heavy (non-hydrogen) atoms. The molecule has 8 aromatic carbocycles. The molecule has 1 aliphatic carbocycles. The Morgan fingerprint density at radius 1 is 0.455 bits per heavy atom. The van der Waals surface area contributed by atoms with E-state index in [4.69, 9.17) is 4.74 Å². The average Bonchev–Trinajstić information content (AvgIpc) is 3.35. The first-order chi connectivity index (χ1) is 26.9. The van der Waals surface area contributed by atoms with E-state index in [1.165, 1.54) is 37.9 Å². The van der Waals surface area contributed by atoms with Gasteiger partial charge in [-0.1, -0.05) is 99.6 Å². The van der Waals surface area contributed by atoms with Gasteiger partial charge in [0.05, 0.1) is 11.7 Å². The van der Waals surface area contributed by atoms with Crippen molar-refractivity contribution in [3.05, 3.63) is 186 Å². The maximum absolute atomic E-state index is 6.67. The van der Waals surface area contributed by atoms with Gasteiger partial charge in [-0.05, 0) is 123 Å². The van der Waals surface area contributed by atoms with Gasteiger partial charge in [-0.25, -0.2) is 0 Å². The summed E-state index contributed by atoms with van der Waals surface area (Å²) in [5, 5.41) is 6.33. The fourth-order valence-electron chi connectivity index (χ4n) is 8.82. The molecule has 4 heteroatoms. The van der Waals surface area contributed by atoms with Gasteiger partial charge in [-0.15, -0.1) is 0 Å². The molecule has 0 spiro atoms. The van der Waals surface area contributed by atoms with Crippen molar-refractivity contribution in [2.24, 2.45) is 0 Å². The average molecular weight is 710 g/mol. The van der Waals surface area contributed by atoms with Crippen LogP contribution in [-0.4, -0.2) is 6.04 Å². The normalized spacial score (nSPS) is 15.7. The van der Waals surface area contributed by atoms with Crippen molar-refractivity contribution in [3.63, 3.8) is 0 Å². The molecule has 2 heterocycles. The van der Waals surface area contributed by atoms with Crippen molar-refractivity contribution >= 4 is 73.1 Å². The smallest absolute Gasteiger partial charge is 0.129 e. The lowest BCUT2D eigenvalue weighted by molar-refractivity contribution is 0.483. The minimum atomic E-state index is -0.170. The molecule has 0 amide bonds. The molecule has 11 rings (SSSR count). The van der Waals surface area contributed by atoms with Crippen LogP contribution in [0.2, 0.25) is 0 Å². The van der Waals surface area contributed by atoms with E-state index in [1.807, 2.05) is 12.1 Å². The summed E-state index contributed by atoms with van der Waals surface area (Å²) in [5.41, 5.74) is 11.1. The SMILES string of the molecule is CC(C)(C)c1cc2ccc3c4c(ccc(c1)c24)=CC1C=C3N2c3cccc(c3)Oc3cccc(c3)N1c1cccc(c1)N(c1ccccc1)c1cccc2c1. The summed E-state index contributed by atoms with van der Waals surface area (Å²) in [6, 6.07) is 59.6. The van der Waals surface area contributed by atoms with Crippen LogP contribution in [0.15, 0.2) is 170 Å². The van der Waals surface area contributed by atoms with E-state index in [0.717, 1.165) is 57.0 Å². The van der Waals surface area contributed by atoms with Gasteiger partial charge in [-0.2, -0.15) is 0 Å². The van der Waals surface area contributed by atoms with Crippen LogP contribution in [0.25, 0.3) is 33.3 Å². The summed E-state index contributed by atoms with van der Waals surface area (Å²) in [7, 11) is 0. The fourth-order valence-corrected chi connectivity index (χ4v) is 8.82. The molecule has 0 saturated heterocycles. The minimum Gasteiger partial charge on any atom is -0.457 e. The minimum absolute atomic E-state index is 0.0300. The van der Waals surface area contributed by atoms with Crippen molar-refractivity contribution in [2.45, 2.75) is 32.2 Å². The van der Waals surface area contributed by atoms with E-state index in [-0.39, 0.29) is 11.5 Å². The Bertz CT molecular complexity index is 2900. The Morgan fingerprint density at radius 2 is 1.00 bits per heavy atom. The van der Waals surface area contributed by atoms with Gasteiger partial charge in [0.2, 0.25) is 0 Å². The molecule has 0 saturated carbocycles. The largest absolute Gasteiger partial charge is 0.457 e. The van der Waals surface area contributed by atoms with E-state index in [0.29, 0.717) is 0 Å². The number of para-hydroxylation sites is 1. The molecule has 0 radical (unpaired) electrons. The van der Waals surface area contributed by atoms with Gasteiger partial charge < -0.3 is 19.4 Å². The first-order valence-electron chi connectivity index (χ1n) is 19.1. The van der Waals surface area contributed by atoms with Crippen LogP contribution in [0.4, 0.5) is 39.8 Å². The number of ether oxygens (including phenoxy) is 1. The second-order valence-electron chi connectivity index (χ2n) is 15.9. The van der Waals surface area contributed by atoms with Crippen molar-refractivity contribution in [3.8, 4) is 11.5 Å². The molecule has 1 unspecified atom stereocenters. The summed E-state index contributed by atoms with van der Waals surface area (Å²) >= 11 is 0. The number of nitrogens with zero attached hydrogens (tertiary/aromatic N) is 3. The Labute approximate surface area is 321 Å². The zero-order valence-electron chi connectivity index (χ0n) is 31.1. The van der Waals surface area contributed by atoms with Crippen molar-refractivity contribution in [2.75, 3.05) is 14.7 Å². The molecule has 0 N–H and O–H groups in total. The highest BCUT2D eigenvalue weighted by Gasteiger charge is 2.30. The van der Waals surface area contributed by atoms with E-state index in [1.54, 1.807) is 0 Å². The monoisotopic (exact) mass is 709 g/mol. The first-order valence-corrected chi connectivity index (χ1v) is 19.1. The van der Waals surface area contributed by atoms with Crippen LogP contribution in [-0.2, 0) is 5.41 Å². The summed E-state index contributed by atoms with van der Waals surface area (Å²) in [6.45, 7) is 6.90. The van der Waals surface area contributed by atoms with Gasteiger partial charge in [0.15, 0.2) is 0 Å². The second kappa shape index (κ2) is 11.9. The van der Waals surface area contributed by atoms with Gasteiger partial charge in [0.1, 0.15) is 11.5 Å². The molecule has 264 valence electrons. The van der Waals surface area contributed by atoms with Crippen molar-refractivity contribution in [1.29, 1.82) is 0 Å². The van der Waals surface area contributed by atoms with E-state index in [9.17, 15) is 0 Å². The van der Waals surface area contributed by atoms with Gasteiger partial charge in [0.25, 0.3) is 0 Å². The number of anilines is 7. The quantitative estimate of drug-likeness (QED) is 0.169. The molecule has 3 aliphatic rings. The third-order valence-corrected chi connectivity index (χ3v) is 11.4. The highest BCUT2D eigenvalue weighted by atomic mass is 16.5. The number of hydrogen-bond donors (Lipinski definition) is 0. The van der Waals surface area contributed by atoms with E-state index >= 15 is 0 Å². The topological polar surface area (TPSA) is 19.0 Å². The number of hydrogen-bond acceptors (Lipinski definition) is 4. The Hall–Kier alpha value is -6.78. The van der Waals surface area contributed by atoms with Gasteiger partial charge in [-0.3, -0.25) is 0 Å². The van der Waals surface area contributed by atoms with Crippen LogP contribution in [0, 0.1) is 0 Å².